The molecule has 5 heteroatoms. The van der Waals surface area contributed by atoms with Crippen molar-refractivity contribution in [3.8, 4) is 5.75 Å². The predicted molar refractivity (Wildman–Crippen MR) is 94.1 cm³/mol. The molecule has 1 aliphatic heterocycles. The molecule has 0 amide bonds. The van der Waals surface area contributed by atoms with E-state index in [0.29, 0.717) is 12.6 Å². The number of imidazole rings is 1. The number of likely N-dealkylation sites (tertiary alicyclic amines) is 1. The lowest BCUT2D eigenvalue weighted by atomic mass is 9.95. The van der Waals surface area contributed by atoms with Gasteiger partial charge in [-0.2, -0.15) is 0 Å². The number of ether oxygens (including phenoxy) is 2. The summed E-state index contributed by atoms with van der Waals surface area (Å²) in [7, 11) is 3.46. The van der Waals surface area contributed by atoms with Gasteiger partial charge in [-0.1, -0.05) is 18.6 Å². The van der Waals surface area contributed by atoms with Crippen molar-refractivity contribution < 1.29 is 9.47 Å². The number of hydrogen-bond donors (Lipinski definition) is 0. The third-order valence-electron chi connectivity index (χ3n) is 4.79. The second-order valence-corrected chi connectivity index (χ2v) is 6.33. The van der Waals surface area contributed by atoms with Crippen LogP contribution in [0.1, 0.15) is 36.6 Å². The molecule has 0 aliphatic carbocycles. The highest BCUT2D eigenvalue weighted by Gasteiger charge is 2.25. The zero-order valence-electron chi connectivity index (χ0n) is 14.6. The summed E-state index contributed by atoms with van der Waals surface area (Å²) >= 11 is 0. The van der Waals surface area contributed by atoms with Gasteiger partial charge in [0.15, 0.2) is 0 Å². The van der Waals surface area contributed by atoms with E-state index in [-0.39, 0.29) is 0 Å². The lowest BCUT2D eigenvalue weighted by Gasteiger charge is -2.36. The minimum atomic E-state index is 0.444. The van der Waals surface area contributed by atoms with Crippen LogP contribution in [0.2, 0.25) is 0 Å². The van der Waals surface area contributed by atoms with E-state index < -0.39 is 0 Å². The summed E-state index contributed by atoms with van der Waals surface area (Å²) < 4.78 is 12.8. The molecule has 0 spiro atoms. The Hall–Kier alpha value is -1.85. The molecule has 5 nitrogen and oxygen atoms in total. The fourth-order valence-corrected chi connectivity index (χ4v) is 3.49. The van der Waals surface area contributed by atoms with Crippen LogP contribution in [0.25, 0.3) is 0 Å². The molecule has 1 saturated heterocycles. The topological polar surface area (TPSA) is 39.5 Å². The van der Waals surface area contributed by atoms with Gasteiger partial charge < -0.3 is 14.0 Å². The molecule has 1 aliphatic rings. The van der Waals surface area contributed by atoms with Crippen molar-refractivity contribution in [1.29, 1.82) is 0 Å². The Kier molecular flexibility index (Phi) is 5.88. The number of aromatic nitrogens is 2. The highest BCUT2D eigenvalue weighted by atomic mass is 16.5. The maximum Gasteiger partial charge on any atom is 0.119 e. The molecule has 24 heavy (non-hydrogen) atoms. The minimum absolute atomic E-state index is 0.444. The van der Waals surface area contributed by atoms with Crippen LogP contribution in [0.15, 0.2) is 36.8 Å². The Morgan fingerprint density at radius 3 is 3.00 bits per heavy atom. The molecule has 1 aromatic heterocycles. The average molecular weight is 329 g/mol. The fraction of sp³-hybridized carbons (Fsp3) is 0.526. The van der Waals surface area contributed by atoms with Crippen molar-refractivity contribution in [2.45, 2.75) is 38.4 Å². The predicted octanol–water partition coefficient (Wildman–Crippen LogP) is 3.27. The minimum Gasteiger partial charge on any atom is -0.497 e. The molecular weight excluding hydrogens is 302 g/mol. The van der Waals surface area contributed by atoms with Crippen molar-refractivity contribution in [2.24, 2.45) is 0 Å². The number of hydrogen-bond acceptors (Lipinski definition) is 4. The summed E-state index contributed by atoms with van der Waals surface area (Å²) in [6.07, 6.45) is 7.61. The zero-order valence-corrected chi connectivity index (χ0v) is 14.6. The lowest BCUT2D eigenvalue weighted by molar-refractivity contribution is 0.134. The maximum absolute atomic E-state index is 5.40. The third-order valence-corrected chi connectivity index (χ3v) is 4.79. The summed E-state index contributed by atoms with van der Waals surface area (Å²) in [5.74, 6) is 0.933. The first-order valence-electron chi connectivity index (χ1n) is 8.67. The first kappa shape index (κ1) is 17.0. The summed E-state index contributed by atoms with van der Waals surface area (Å²) in [6.45, 7) is 3.61. The first-order valence-corrected chi connectivity index (χ1v) is 8.67. The van der Waals surface area contributed by atoms with E-state index in [1.165, 1.54) is 30.5 Å². The van der Waals surface area contributed by atoms with Gasteiger partial charge in [-0.25, -0.2) is 4.98 Å². The molecule has 2 aromatic rings. The van der Waals surface area contributed by atoms with Gasteiger partial charge in [-0.3, -0.25) is 4.90 Å². The Morgan fingerprint density at radius 1 is 1.25 bits per heavy atom. The van der Waals surface area contributed by atoms with Crippen LogP contribution in [0.4, 0.5) is 0 Å². The third kappa shape index (κ3) is 3.97. The smallest absolute Gasteiger partial charge is 0.119 e. The zero-order chi connectivity index (χ0) is 16.8. The number of benzene rings is 1. The van der Waals surface area contributed by atoms with Gasteiger partial charge in [0.2, 0.25) is 0 Å². The van der Waals surface area contributed by atoms with Crippen LogP contribution in [0, 0.1) is 0 Å². The van der Waals surface area contributed by atoms with Crippen molar-refractivity contribution in [3.63, 3.8) is 0 Å². The second kappa shape index (κ2) is 8.31. The quantitative estimate of drug-likeness (QED) is 0.782. The standard InChI is InChI=1S/C19H27N3O2/c1-23-11-10-22-15-20-13-17(22)14-21-9-4-3-8-19(21)16-6-5-7-18(12-16)24-2/h5-7,12-13,15,19H,3-4,8-11,14H2,1-2H3/t19-/m1/s1. The summed E-state index contributed by atoms with van der Waals surface area (Å²) in [6, 6.07) is 8.93. The van der Waals surface area contributed by atoms with Crippen molar-refractivity contribution in [2.75, 3.05) is 27.4 Å². The molecule has 1 fully saturated rings. The van der Waals surface area contributed by atoms with Gasteiger partial charge in [-0.15, -0.1) is 0 Å². The van der Waals surface area contributed by atoms with E-state index in [2.05, 4.69) is 32.7 Å². The van der Waals surface area contributed by atoms with Crippen LogP contribution in [-0.2, 0) is 17.8 Å². The van der Waals surface area contributed by atoms with Crippen molar-refractivity contribution >= 4 is 0 Å². The van der Waals surface area contributed by atoms with Crippen molar-refractivity contribution in [1.82, 2.24) is 14.5 Å². The molecule has 0 N–H and O–H groups in total. The Morgan fingerprint density at radius 2 is 2.17 bits per heavy atom. The first-order chi connectivity index (χ1) is 11.8. The second-order valence-electron chi connectivity index (χ2n) is 6.33. The molecule has 3 rings (SSSR count). The summed E-state index contributed by atoms with van der Waals surface area (Å²) in [5.41, 5.74) is 2.60. The maximum atomic E-state index is 5.40. The van der Waals surface area contributed by atoms with E-state index in [4.69, 9.17) is 9.47 Å². The number of nitrogens with zero attached hydrogens (tertiary/aromatic N) is 3. The molecule has 0 unspecified atom stereocenters. The Labute approximate surface area is 144 Å². The van der Waals surface area contributed by atoms with Gasteiger partial charge in [0, 0.05) is 32.4 Å². The SMILES string of the molecule is COCCn1cncc1CN1CCCC[C@@H]1c1cccc(OC)c1. The highest BCUT2D eigenvalue weighted by molar-refractivity contribution is 5.31. The van der Waals surface area contributed by atoms with E-state index in [1.807, 2.05) is 18.6 Å². The highest BCUT2D eigenvalue weighted by Crippen LogP contribution is 2.33. The van der Waals surface area contributed by atoms with Gasteiger partial charge >= 0.3 is 0 Å². The molecule has 0 radical (unpaired) electrons. The monoisotopic (exact) mass is 329 g/mol. The molecule has 1 atom stereocenters. The van der Waals surface area contributed by atoms with E-state index >= 15 is 0 Å². The van der Waals surface area contributed by atoms with E-state index in [1.54, 1.807) is 14.2 Å². The Bertz CT molecular complexity index is 641. The molecule has 130 valence electrons. The number of methoxy groups -OCH3 is 2. The molecule has 1 aromatic carbocycles. The lowest BCUT2D eigenvalue weighted by Crippen LogP contribution is -2.33. The van der Waals surface area contributed by atoms with Crippen LogP contribution >= 0.6 is 0 Å². The van der Waals surface area contributed by atoms with Crippen molar-refractivity contribution in [3.05, 3.63) is 48.0 Å². The molecular formula is C19H27N3O2. The van der Waals surface area contributed by atoms with Gasteiger partial charge in [0.1, 0.15) is 5.75 Å². The summed E-state index contributed by atoms with van der Waals surface area (Å²) in [4.78, 5) is 6.89. The van der Waals surface area contributed by atoms with E-state index in [0.717, 1.165) is 25.4 Å². The average Bonchev–Trinajstić information content (AvgIpc) is 3.07. The van der Waals surface area contributed by atoms with Crippen LogP contribution in [0.5, 0.6) is 5.75 Å². The molecule has 0 saturated carbocycles. The number of piperidine rings is 1. The van der Waals surface area contributed by atoms with Crippen LogP contribution in [0.3, 0.4) is 0 Å². The van der Waals surface area contributed by atoms with Crippen LogP contribution in [-0.4, -0.2) is 41.8 Å². The number of rotatable bonds is 7. The van der Waals surface area contributed by atoms with E-state index in [9.17, 15) is 0 Å². The Balaban J connectivity index is 1.76. The normalized spacial score (nSPS) is 18.7. The van der Waals surface area contributed by atoms with Gasteiger partial charge in [-0.05, 0) is 37.1 Å². The van der Waals surface area contributed by atoms with Crippen LogP contribution < -0.4 is 4.74 Å². The molecule has 2 heterocycles. The summed E-state index contributed by atoms with van der Waals surface area (Å²) in [5, 5.41) is 0. The largest absolute Gasteiger partial charge is 0.497 e. The van der Waals surface area contributed by atoms with Gasteiger partial charge in [0.05, 0.1) is 25.7 Å². The fourth-order valence-electron chi connectivity index (χ4n) is 3.49. The molecule has 0 bridgehead atoms. The van der Waals surface area contributed by atoms with Gasteiger partial charge in [0.25, 0.3) is 0 Å².